The van der Waals surface area contributed by atoms with E-state index in [1.54, 1.807) is 47.8 Å². The van der Waals surface area contributed by atoms with Gasteiger partial charge in [0.1, 0.15) is 24.3 Å². The molecular weight excluding hydrogens is 657 g/mol. The first-order chi connectivity index (χ1) is 20.7. The molecule has 0 aliphatic heterocycles. The van der Waals surface area contributed by atoms with Crippen molar-refractivity contribution in [1.29, 1.82) is 0 Å². The molecule has 0 atom stereocenters. The number of hydrogen-bond acceptors (Lipinski definition) is 10. The van der Waals surface area contributed by atoms with Crippen LogP contribution in [0.25, 0.3) is 12.2 Å². The Bertz CT molecular complexity index is 1530. The van der Waals surface area contributed by atoms with Crippen molar-refractivity contribution in [2.75, 3.05) is 0 Å². The molecule has 4 aromatic heterocycles. The van der Waals surface area contributed by atoms with Gasteiger partial charge < -0.3 is 13.9 Å². The Kier molecular flexibility index (Phi) is 11.6. The first-order valence-corrected chi connectivity index (χ1v) is 13.8. The predicted octanol–water partition coefficient (Wildman–Crippen LogP) is 6.62. The van der Waals surface area contributed by atoms with Crippen molar-refractivity contribution in [2.45, 2.75) is 38.8 Å². The highest BCUT2D eigenvalue weighted by Gasteiger charge is 2.30. The largest absolute Gasteiger partial charge is 0.573 e. The van der Waals surface area contributed by atoms with Crippen LogP contribution in [0.2, 0.25) is 5.28 Å². The Labute approximate surface area is 256 Å². The number of aryl methyl sites for hydroxylation is 2. The number of alkyl halides is 3. The van der Waals surface area contributed by atoms with Crippen molar-refractivity contribution in [3.05, 3.63) is 100 Å². The Morgan fingerprint density at radius 1 is 0.977 bits per heavy atom. The molecule has 5 rings (SSSR count). The van der Waals surface area contributed by atoms with Gasteiger partial charge in [-0.15, -0.1) is 18.3 Å². The van der Waals surface area contributed by atoms with Gasteiger partial charge in [0.15, 0.2) is 0 Å². The van der Waals surface area contributed by atoms with Gasteiger partial charge >= 0.3 is 12.4 Å². The third-order valence-electron chi connectivity index (χ3n) is 5.30. The highest BCUT2D eigenvalue weighted by atomic mass is 79.9. The van der Waals surface area contributed by atoms with E-state index < -0.39 is 6.36 Å². The number of aromatic nitrogens is 8. The molecule has 4 heterocycles. The molecule has 0 radical (unpaired) electrons. The minimum absolute atomic E-state index is 0.123. The molecule has 224 valence electrons. The Hall–Kier alpha value is -4.37. The van der Waals surface area contributed by atoms with E-state index in [0.717, 1.165) is 35.8 Å². The van der Waals surface area contributed by atoms with Gasteiger partial charge in [-0.05, 0) is 76.1 Å². The summed E-state index contributed by atoms with van der Waals surface area (Å²) < 4.78 is 54.1. The molecule has 0 unspecified atom stereocenters. The number of unbranched alkanes of at least 4 members (excludes halogenated alkanes) is 1. The minimum Gasteiger partial charge on any atom is -0.457 e. The zero-order valence-electron chi connectivity index (χ0n) is 22.2. The quantitative estimate of drug-likeness (QED) is 0.111. The fourth-order valence-corrected chi connectivity index (χ4v) is 3.65. The molecule has 0 amide bonds. The van der Waals surface area contributed by atoms with E-state index in [-0.39, 0.29) is 23.7 Å². The Balaban J connectivity index is 0.000000458. The van der Waals surface area contributed by atoms with Gasteiger partial charge in [0.05, 0.1) is 10.7 Å². The maximum absolute atomic E-state index is 12.2. The maximum Gasteiger partial charge on any atom is 0.573 e. The van der Waals surface area contributed by atoms with Crippen molar-refractivity contribution >= 4 is 39.7 Å². The molecular formula is C27H23BrClF3N8O3. The molecule has 11 nitrogen and oxygen atoms in total. The molecule has 43 heavy (non-hydrogen) atoms. The number of rotatable bonds is 11. The van der Waals surface area contributed by atoms with Crippen LogP contribution in [0.1, 0.15) is 35.6 Å². The fourth-order valence-electron chi connectivity index (χ4n) is 3.35. The van der Waals surface area contributed by atoms with Crippen molar-refractivity contribution in [3.8, 4) is 11.8 Å². The molecule has 0 N–H and O–H groups in total. The van der Waals surface area contributed by atoms with Crippen LogP contribution < -0.4 is 9.47 Å². The zero-order valence-corrected chi connectivity index (χ0v) is 24.6. The number of hydrogen-bond donors (Lipinski definition) is 0. The average Bonchev–Trinajstić information content (AvgIpc) is 3.68. The number of benzene rings is 1. The van der Waals surface area contributed by atoms with Crippen LogP contribution in [-0.4, -0.2) is 46.3 Å². The fraction of sp³-hybridized carbons (Fsp3) is 0.222. The third-order valence-corrected chi connectivity index (χ3v) is 5.90. The van der Waals surface area contributed by atoms with Gasteiger partial charge in [-0.2, -0.15) is 0 Å². The maximum atomic E-state index is 12.2. The molecule has 0 aliphatic carbocycles. The van der Waals surface area contributed by atoms with E-state index in [1.165, 1.54) is 30.5 Å². The van der Waals surface area contributed by atoms with Gasteiger partial charge in [0.2, 0.25) is 11.2 Å². The van der Waals surface area contributed by atoms with E-state index in [4.69, 9.17) is 20.8 Å². The lowest BCUT2D eigenvalue weighted by atomic mass is 10.1. The van der Waals surface area contributed by atoms with Crippen LogP contribution in [-0.2, 0) is 19.6 Å². The second-order valence-electron chi connectivity index (χ2n) is 8.58. The summed E-state index contributed by atoms with van der Waals surface area (Å²) >= 11 is 8.53. The number of ether oxygens (including phenoxy) is 2. The Morgan fingerprint density at radius 3 is 2.37 bits per heavy atom. The van der Waals surface area contributed by atoms with Crippen LogP contribution in [0.4, 0.5) is 13.2 Å². The zero-order chi connectivity index (χ0) is 30.5. The minimum atomic E-state index is -4.72. The van der Waals surface area contributed by atoms with Crippen LogP contribution in [0, 0.1) is 0 Å². The SMILES string of the molecule is Clc1ncc(Br)cn1.FC(F)(F)Oc1ccc(C=Cc2nc(COc3ncc(CCCCn4ccnn4)cn3)co2)cc1. The molecule has 0 bridgehead atoms. The van der Waals surface area contributed by atoms with Crippen LogP contribution in [0.3, 0.4) is 0 Å². The normalized spacial score (nSPS) is 11.3. The monoisotopic (exact) mass is 678 g/mol. The summed E-state index contributed by atoms with van der Waals surface area (Å²) in [5.74, 6) is 0.0324. The molecule has 1 aromatic carbocycles. The summed E-state index contributed by atoms with van der Waals surface area (Å²) in [6.45, 7) is 0.943. The molecule has 0 spiro atoms. The van der Waals surface area contributed by atoms with E-state index in [9.17, 15) is 13.2 Å². The summed E-state index contributed by atoms with van der Waals surface area (Å²) in [6, 6.07) is 5.67. The van der Waals surface area contributed by atoms with Crippen molar-refractivity contribution in [1.82, 2.24) is 39.9 Å². The van der Waals surface area contributed by atoms with Crippen molar-refractivity contribution in [3.63, 3.8) is 0 Å². The van der Waals surface area contributed by atoms with Crippen LogP contribution in [0.15, 0.2) is 76.6 Å². The van der Waals surface area contributed by atoms with Gasteiger partial charge in [-0.3, -0.25) is 4.68 Å². The van der Waals surface area contributed by atoms with E-state index in [2.05, 4.69) is 55.9 Å². The van der Waals surface area contributed by atoms with Gasteiger partial charge in [-0.1, -0.05) is 17.3 Å². The topological polar surface area (TPSA) is 127 Å². The summed E-state index contributed by atoms with van der Waals surface area (Å²) in [7, 11) is 0. The van der Waals surface area contributed by atoms with Gasteiger partial charge in [-0.25, -0.2) is 24.9 Å². The summed E-state index contributed by atoms with van der Waals surface area (Å²) in [5, 5.41) is 7.98. The summed E-state index contributed by atoms with van der Waals surface area (Å²) in [4.78, 5) is 20.1. The lowest BCUT2D eigenvalue weighted by Crippen LogP contribution is -2.16. The summed E-state index contributed by atoms with van der Waals surface area (Å²) in [6.07, 6.45) is 12.9. The van der Waals surface area contributed by atoms with Crippen molar-refractivity contribution in [2.24, 2.45) is 0 Å². The third kappa shape index (κ3) is 11.8. The second-order valence-corrected chi connectivity index (χ2v) is 9.84. The first-order valence-electron chi connectivity index (χ1n) is 12.6. The second kappa shape index (κ2) is 15.7. The predicted molar refractivity (Wildman–Crippen MR) is 153 cm³/mol. The van der Waals surface area contributed by atoms with Crippen molar-refractivity contribution < 1.29 is 27.1 Å². The van der Waals surface area contributed by atoms with Gasteiger partial charge in [0.25, 0.3) is 0 Å². The lowest BCUT2D eigenvalue weighted by molar-refractivity contribution is -0.274. The lowest BCUT2D eigenvalue weighted by Gasteiger charge is -2.08. The molecule has 0 aliphatic rings. The van der Waals surface area contributed by atoms with Gasteiger partial charge in [0, 0.05) is 43.6 Å². The first kappa shape index (κ1) is 31.6. The van der Waals surface area contributed by atoms with E-state index in [1.807, 2.05) is 6.20 Å². The van der Waals surface area contributed by atoms with Crippen LogP contribution >= 0.6 is 27.5 Å². The van der Waals surface area contributed by atoms with E-state index in [0.29, 0.717) is 17.1 Å². The average molecular weight is 680 g/mol. The number of nitrogens with zero attached hydrogens (tertiary/aromatic N) is 8. The highest BCUT2D eigenvalue weighted by molar-refractivity contribution is 9.10. The standard InChI is InChI=1S/C23H21F3N6O3.C4H2BrClN2/c24-23(25,26)35-20-7-4-17(5-8-20)6-9-21-30-19(15-33-21)16-34-22-27-13-18(14-28-22)3-1-2-11-32-12-10-29-31-32;5-3-1-7-4(6)8-2-3/h4-10,12-15H,1-3,11,16H2;1-2H. The molecule has 5 aromatic rings. The smallest absolute Gasteiger partial charge is 0.457 e. The number of halogens is 5. The highest BCUT2D eigenvalue weighted by Crippen LogP contribution is 2.23. The summed E-state index contributed by atoms with van der Waals surface area (Å²) in [5.41, 5.74) is 2.21. The molecule has 0 saturated carbocycles. The van der Waals surface area contributed by atoms with E-state index >= 15 is 0 Å². The molecule has 0 fully saturated rings. The number of oxazole rings is 1. The Morgan fingerprint density at radius 2 is 1.72 bits per heavy atom. The molecule has 0 saturated heterocycles. The van der Waals surface area contributed by atoms with Crippen LogP contribution in [0.5, 0.6) is 11.8 Å². The molecule has 16 heteroatoms.